The second-order valence-corrected chi connectivity index (χ2v) is 4.87. The normalized spacial score (nSPS) is 15.6. The SMILES string of the molecule is Brc1ccoc1-c1ccc(CNC2CC2)o1. The zero-order chi connectivity index (χ0) is 11.0. The molecule has 0 saturated heterocycles. The van der Waals surface area contributed by atoms with Crippen LogP contribution < -0.4 is 5.32 Å². The summed E-state index contributed by atoms with van der Waals surface area (Å²) in [7, 11) is 0. The van der Waals surface area contributed by atoms with Crippen molar-refractivity contribution in [2.24, 2.45) is 0 Å². The fraction of sp³-hybridized carbons (Fsp3) is 0.333. The third-order valence-electron chi connectivity index (χ3n) is 2.64. The van der Waals surface area contributed by atoms with Crippen molar-refractivity contribution < 1.29 is 8.83 Å². The third-order valence-corrected chi connectivity index (χ3v) is 3.27. The number of furan rings is 2. The minimum absolute atomic E-state index is 0.698. The molecule has 1 aliphatic rings. The lowest BCUT2D eigenvalue weighted by Crippen LogP contribution is -2.14. The highest BCUT2D eigenvalue weighted by atomic mass is 79.9. The van der Waals surface area contributed by atoms with Gasteiger partial charge in [0.2, 0.25) is 0 Å². The van der Waals surface area contributed by atoms with Gasteiger partial charge in [-0.25, -0.2) is 0 Å². The van der Waals surface area contributed by atoms with Crippen LogP contribution >= 0.6 is 15.9 Å². The van der Waals surface area contributed by atoms with E-state index in [0.29, 0.717) is 6.04 Å². The number of rotatable bonds is 4. The predicted molar refractivity (Wildman–Crippen MR) is 64.0 cm³/mol. The highest BCUT2D eigenvalue weighted by Crippen LogP contribution is 2.30. The molecule has 0 amide bonds. The van der Waals surface area contributed by atoms with Crippen molar-refractivity contribution in [3.63, 3.8) is 0 Å². The number of halogens is 1. The standard InChI is InChI=1S/C12H12BrNO2/c13-10-5-6-15-12(10)11-4-3-9(16-11)7-14-8-1-2-8/h3-6,8,14H,1-2,7H2. The van der Waals surface area contributed by atoms with Crippen LogP contribution in [0.2, 0.25) is 0 Å². The van der Waals surface area contributed by atoms with E-state index in [9.17, 15) is 0 Å². The first-order valence-electron chi connectivity index (χ1n) is 5.38. The first-order valence-corrected chi connectivity index (χ1v) is 6.18. The van der Waals surface area contributed by atoms with Gasteiger partial charge in [0.1, 0.15) is 5.76 Å². The second-order valence-electron chi connectivity index (χ2n) is 4.02. The highest BCUT2D eigenvalue weighted by molar-refractivity contribution is 9.10. The average Bonchev–Trinajstić information content (AvgIpc) is 2.82. The van der Waals surface area contributed by atoms with Gasteiger partial charge in [-0.3, -0.25) is 0 Å². The first-order chi connectivity index (χ1) is 7.83. The van der Waals surface area contributed by atoms with Crippen molar-refractivity contribution in [1.82, 2.24) is 5.32 Å². The summed E-state index contributed by atoms with van der Waals surface area (Å²) in [6, 6.07) is 6.48. The zero-order valence-electron chi connectivity index (χ0n) is 8.70. The molecule has 0 aliphatic heterocycles. The summed E-state index contributed by atoms with van der Waals surface area (Å²) in [5.74, 6) is 2.47. The second kappa shape index (κ2) is 4.11. The van der Waals surface area contributed by atoms with E-state index in [1.807, 2.05) is 18.2 Å². The summed E-state index contributed by atoms with van der Waals surface area (Å²) in [6.07, 6.45) is 4.22. The molecule has 1 aliphatic carbocycles. The van der Waals surface area contributed by atoms with Crippen molar-refractivity contribution in [3.05, 3.63) is 34.7 Å². The van der Waals surface area contributed by atoms with E-state index in [0.717, 1.165) is 28.3 Å². The highest BCUT2D eigenvalue weighted by Gasteiger charge is 2.20. The Morgan fingerprint density at radius 2 is 2.19 bits per heavy atom. The summed E-state index contributed by atoms with van der Waals surface area (Å²) < 4.78 is 12.0. The predicted octanol–water partition coefficient (Wildman–Crippen LogP) is 3.55. The molecular formula is C12H12BrNO2. The Labute approximate surface area is 102 Å². The Balaban J connectivity index is 1.74. The maximum absolute atomic E-state index is 5.70. The lowest BCUT2D eigenvalue weighted by atomic mass is 10.3. The molecular weight excluding hydrogens is 270 g/mol. The summed E-state index contributed by atoms with van der Waals surface area (Å²) >= 11 is 3.42. The van der Waals surface area contributed by atoms with Crippen molar-refractivity contribution in [1.29, 1.82) is 0 Å². The minimum Gasteiger partial charge on any atom is -0.460 e. The summed E-state index contributed by atoms with van der Waals surface area (Å²) in [5.41, 5.74) is 0. The Hall–Kier alpha value is -1.00. The van der Waals surface area contributed by atoms with E-state index in [4.69, 9.17) is 8.83 Å². The van der Waals surface area contributed by atoms with Gasteiger partial charge in [-0.05, 0) is 47.0 Å². The van der Waals surface area contributed by atoms with Crippen LogP contribution in [-0.2, 0) is 6.54 Å². The van der Waals surface area contributed by atoms with Gasteiger partial charge in [0.05, 0.1) is 17.3 Å². The van der Waals surface area contributed by atoms with E-state index in [2.05, 4.69) is 21.2 Å². The topological polar surface area (TPSA) is 38.3 Å². The van der Waals surface area contributed by atoms with Crippen LogP contribution in [0.3, 0.4) is 0 Å². The van der Waals surface area contributed by atoms with E-state index in [1.54, 1.807) is 6.26 Å². The molecule has 4 heteroatoms. The third kappa shape index (κ3) is 2.08. The molecule has 2 aromatic rings. The van der Waals surface area contributed by atoms with Gasteiger partial charge in [0, 0.05) is 6.04 Å². The molecule has 3 rings (SSSR count). The molecule has 0 bridgehead atoms. The molecule has 0 aromatic carbocycles. The van der Waals surface area contributed by atoms with E-state index < -0.39 is 0 Å². The molecule has 1 saturated carbocycles. The molecule has 0 radical (unpaired) electrons. The van der Waals surface area contributed by atoms with Crippen LogP contribution in [0.25, 0.3) is 11.5 Å². The van der Waals surface area contributed by atoms with E-state index in [-0.39, 0.29) is 0 Å². The Morgan fingerprint density at radius 3 is 2.88 bits per heavy atom. The van der Waals surface area contributed by atoms with Crippen LogP contribution in [0.5, 0.6) is 0 Å². The van der Waals surface area contributed by atoms with E-state index >= 15 is 0 Å². The molecule has 0 spiro atoms. The molecule has 84 valence electrons. The first kappa shape index (κ1) is 10.2. The number of hydrogen-bond acceptors (Lipinski definition) is 3. The van der Waals surface area contributed by atoms with Crippen LogP contribution in [0.15, 0.2) is 37.8 Å². The average molecular weight is 282 g/mol. The van der Waals surface area contributed by atoms with Gasteiger partial charge in [0.15, 0.2) is 11.5 Å². The largest absolute Gasteiger partial charge is 0.460 e. The molecule has 0 unspecified atom stereocenters. The monoisotopic (exact) mass is 281 g/mol. The molecule has 1 fully saturated rings. The van der Waals surface area contributed by atoms with Gasteiger partial charge in [-0.2, -0.15) is 0 Å². The van der Waals surface area contributed by atoms with Gasteiger partial charge >= 0.3 is 0 Å². The molecule has 3 nitrogen and oxygen atoms in total. The fourth-order valence-electron chi connectivity index (χ4n) is 1.60. The van der Waals surface area contributed by atoms with Crippen molar-refractivity contribution in [2.75, 3.05) is 0 Å². The molecule has 0 atom stereocenters. The fourth-order valence-corrected chi connectivity index (χ4v) is 1.99. The van der Waals surface area contributed by atoms with Crippen LogP contribution in [0.4, 0.5) is 0 Å². The van der Waals surface area contributed by atoms with E-state index in [1.165, 1.54) is 12.8 Å². The molecule has 2 heterocycles. The van der Waals surface area contributed by atoms with Gasteiger partial charge < -0.3 is 14.2 Å². The lowest BCUT2D eigenvalue weighted by Gasteiger charge is -1.98. The zero-order valence-corrected chi connectivity index (χ0v) is 10.3. The van der Waals surface area contributed by atoms with Gasteiger partial charge in [0.25, 0.3) is 0 Å². The van der Waals surface area contributed by atoms with Gasteiger partial charge in [-0.1, -0.05) is 0 Å². The van der Waals surface area contributed by atoms with Crippen LogP contribution in [0.1, 0.15) is 18.6 Å². The Bertz CT molecular complexity index is 485. The molecule has 2 aromatic heterocycles. The van der Waals surface area contributed by atoms with Crippen molar-refractivity contribution in [3.8, 4) is 11.5 Å². The molecule has 16 heavy (non-hydrogen) atoms. The smallest absolute Gasteiger partial charge is 0.183 e. The lowest BCUT2D eigenvalue weighted by molar-refractivity contribution is 0.472. The summed E-state index contributed by atoms with van der Waals surface area (Å²) in [4.78, 5) is 0. The summed E-state index contributed by atoms with van der Waals surface area (Å²) in [6.45, 7) is 0.795. The summed E-state index contributed by atoms with van der Waals surface area (Å²) in [5, 5.41) is 3.41. The van der Waals surface area contributed by atoms with Crippen LogP contribution in [-0.4, -0.2) is 6.04 Å². The van der Waals surface area contributed by atoms with Crippen molar-refractivity contribution in [2.45, 2.75) is 25.4 Å². The van der Waals surface area contributed by atoms with Crippen LogP contribution in [0, 0.1) is 0 Å². The Kier molecular flexibility index (Phi) is 2.61. The van der Waals surface area contributed by atoms with Gasteiger partial charge in [-0.15, -0.1) is 0 Å². The minimum atomic E-state index is 0.698. The Morgan fingerprint density at radius 1 is 1.31 bits per heavy atom. The quantitative estimate of drug-likeness (QED) is 0.931. The maximum atomic E-state index is 5.70. The van der Waals surface area contributed by atoms with Crippen molar-refractivity contribution >= 4 is 15.9 Å². The number of nitrogens with one attached hydrogen (secondary N) is 1. The molecule has 1 N–H and O–H groups in total. The number of hydrogen-bond donors (Lipinski definition) is 1. The maximum Gasteiger partial charge on any atom is 0.183 e.